The van der Waals surface area contributed by atoms with E-state index >= 15 is 0 Å². The van der Waals surface area contributed by atoms with E-state index in [1.165, 1.54) is 24.3 Å². The third-order valence-corrected chi connectivity index (χ3v) is 5.59. The second-order valence-electron chi connectivity index (χ2n) is 5.77. The van der Waals surface area contributed by atoms with E-state index in [0.29, 0.717) is 0 Å². The van der Waals surface area contributed by atoms with E-state index in [-0.39, 0.29) is 113 Å². The van der Waals surface area contributed by atoms with Crippen molar-refractivity contribution < 1.29 is 143 Å². The van der Waals surface area contributed by atoms with Crippen LogP contribution in [0.5, 0.6) is 0 Å². The van der Waals surface area contributed by atoms with E-state index in [1.807, 2.05) is 24.3 Å². The molecule has 0 saturated carbocycles. The Labute approximate surface area is 271 Å². The largest absolute Gasteiger partial charge is 1.00 e. The van der Waals surface area contributed by atoms with Crippen molar-refractivity contribution in [2.24, 2.45) is 0 Å². The fraction of sp³-hybridized carbons (Fsp3) is 0. The summed E-state index contributed by atoms with van der Waals surface area (Å²) in [6, 6.07) is 18.9. The predicted octanol–water partition coefficient (Wildman–Crippen LogP) is -4.11. The van der Waals surface area contributed by atoms with Gasteiger partial charge >= 0.3 is 103 Å². The minimum Gasteiger partial charge on any atom is -0.598 e. The van der Waals surface area contributed by atoms with Crippen LogP contribution >= 0.6 is 8.25 Å². The van der Waals surface area contributed by atoms with Crippen LogP contribution in [0.25, 0.3) is 22.3 Å². The minimum absolute atomic E-state index is 0. The van der Waals surface area contributed by atoms with Gasteiger partial charge < -0.3 is 9.79 Å². The molecule has 3 aromatic rings. The standard InChI is InChI=1S/C18H14O6S2.2K.HO3P/c19-25(20,21)15-9-5-13(6-10-15)17-3-1-2-4-18(17)14-7-11-16(12-8-14)26(22,23)24;;;1-4(2)3/h1-12H,(H,19,20,21)(H,22,23,24);;;(H,1,2,3)/q;2*+1;/p-1. The van der Waals surface area contributed by atoms with Gasteiger partial charge in [0, 0.05) is 0 Å². The molecule has 0 amide bonds. The molecule has 0 fully saturated rings. The zero-order valence-corrected chi connectivity index (χ0v) is 25.7. The van der Waals surface area contributed by atoms with Crippen LogP contribution in [0.1, 0.15) is 0 Å². The van der Waals surface area contributed by atoms with Gasteiger partial charge in [-0.25, -0.2) is 0 Å². The van der Waals surface area contributed by atoms with Crippen molar-refractivity contribution in [3.63, 3.8) is 0 Å². The summed E-state index contributed by atoms with van der Waals surface area (Å²) in [4.78, 5) is 16.6. The fourth-order valence-corrected chi connectivity index (χ4v) is 3.56. The molecule has 0 spiro atoms. The van der Waals surface area contributed by atoms with Gasteiger partial charge in [0.1, 0.15) is 0 Å². The van der Waals surface area contributed by atoms with Crippen molar-refractivity contribution in [2.45, 2.75) is 9.79 Å². The van der Waals surface area contributed by atoms with E-state index in [2.05, 4.69) is 0 Å². The Morgan fingerprint density at radius 1 is 0.594 bits per heavy atom. The minimum atomic E-state index is -4.26. The van der Waals surface area contributed by atoms with Crippen molar-refractivity contribution in [1.82, 2.24) is 0 Å². The molecule has 0 saturated heterocycles. The van der Waals surface area contributed by atoms with Gasteiger partial charge in [-0.3, -0.25) is 9.11 Å². The molecule has 0 aliphatic heterocycles. The van der Waals surface area contributed by atoms with Crippen molar-refractivity contribution in [3.8, 4) is 22.3 Å². The quantitative estimate of drug-likeness (QED) is 0.187. The molecule has 32 heavy (non-hydrogen) atoms. The summed E-state index contributed by atoms with van der Waals surface area (Å²) in [6.45, 7) is 0. The van der Waals surface area contributed by atoms with Gasteiger partial charge in [0.2, 0.25) is 0 Å². The molecule has 0 aromatic heterocycles. The van der Waals surface area contributed by atoms with E-state index in [9.17, 15) is 16.8 Å². The Morgan fingerprint density at radius 2 is 0.844 bits per heavy atom. The number of rotatable bonds is 4. The van der Waals surface area contributed by atoms with Gasteiger partial charge in [0.05, 0.1) is 9.79 Å². The second kappa shape index (κ2) is 14.4. The average molecular weight is 548 g/mol. The maximum atomic E-state index is 11.2. The van der Waals surface area contributed by atoms with Gasteiger partial charge in [-0.1, -0.05) is 53.1 Å². The SMILES string of the molecule is O=S(=O)(O)c1ccc(-c2ccccc2-c2ccc(S(=O)(=O)O)cc2)cc1.O=[P+]([O-])[O-].[K+].[K+]. The summed E-state index contributed by atoms with van der Waals surface area (Å²) in [7, 11) is -11.9. The molecule has 3 aromatic carbocycles. The molecular formula is C18H14K2O9PS2+. The van der Waals surface area contributed by atoms with Gasteiger partial charge in [-0.15, -0.1) is 0 Å². The molecule has 158 valence electrons. The van der Waals surface area contributed by atoms with Crippen LogP contribution in [-0.2, 0) is 24.8 Å². The van der Waals surface area contributed by atoms with Gasteiger partial charge in [0.15, 0.2) is 0 Å². The molecule has 0 unspecified atom stereocenters. The van der Waals surface area contributed by atoms with Crippen molar-refractivity contribution in [2.75, 3.05) is 0 Å². The summed E-state index contributed by atoms with van der Waals surface area (Å²) in [5, 5.41) is 0. The summed E-state index contributed by atoms with van der Waals surface area (Å²) >= 11 is 0. The third-order valence-electron chi connectivity index (χ3n) is 3.85. The number of hydrogen-bond donors (Lipinski definition) is 2. The first kappa shape index (κ1) is 32.8. The van der Waals surface area contributed by atoms with E-state index in [0.717, 1.165) is 22.3 Å². The molecule has 2 N–H and O–H groups in total. The van der Waals surface area contributed by atoms with Crippen molar-refractivity contribution in [1.29, 1.82) is 0 Å². The molecule has 9 nitrogen and oxygen atoms in total. The van der Waals surface area contributed by atoms with E-state index < -0.39 is 28.5 Å². The molecule has 0 aliphatic carbocycles. The molecule has 0 atom stereocenters. The zero-order chi connectivity index (χ0) is 22.5. The fourth-order valence-electron chi connectivity index (χ4n) is 2.60. The van der Waals surface area contributed by atoms with Crippen LogP contribution in [0, 0.1) is 0 Å². The van der Waals surface area contributed by atoms with E-state index in [4.69, 9.17) is 23.5 Å². The average Bonchev–Trinajstić information content (AvgIpc) is 2.66. The van der Waals surface area contributed by atoms with Crippen LogP contribution < -0.4 is 113 Å². The number of hydrogen-bond acceptors (Lipinski definition) is 7. The Hall–Kier alpha value is 0.773. The molecular weight excluding hydrogens is 533 g/mol. The summed E-state index contributed by atoms with van der Waals surface area (Å²) < 4.78 is 71.3. The first-order valence-corrected chi connectivity index (χ1v) is 11.9. The molecule has 0 radical (unpaired) electrons. The third kappa shape index (κ3) is 10.2. The maximum Gasteiger partial charge on any atom is 1.00 e. The molecule has 0 bridgehead atoms. The first-order chi connectivity index (χ1) is 13.9. The van der Waals surface area contributed by atoms with Crippen LogP contribution in [0.15, 0.2) is 82.6 Å². The van der Waals surface area contributed by atoms with Crippen LogP contribution in [0.4, 0.5) is 0 Å². The van der Waals surface area contributed by atoms with Gasteiger partial charge in [-0.05, 0) is 46.5 Å². The number of benzene rings is 3. The summed E-state index contributed by atoms with van der Waals surface area (Å²) in [5.41, 5.74) is 3.06. The smallest absolute Gasteiger partial charge is 0.598 e. The van der Waals surface area contributed by atoms with Crippen LogP contribution in [0.2, 0.25) is 0 Å². The van der Waals surface area contributed by atoms with Crippen LogP contribution in [0.3, 0.4) is 0 Å². The second-order valence-corrected chi connectivity index (χ2v) is 9.06. The van der Waals surface area contributed by atoms with Gasteiger partial charge in [0.25, 0.3) is 28.5 Å². The van der Waals surface area contributed by atoms with Crippen molar-refractivity contribution >= 4 is 28.5 Å². The first-order valence-electron chi connectivity index (χ1n) is 7.96. The zero-order valence-electron chi connectivity index (χ0n) is 16.9. The summed E-state index contributed by atoms with van der Waals surface area (Å²) in [6.07, 6.45) is 0. The Bertz CT molecular complexity index is 1160. The molecule has 0 heterocycles. The topological polar surface area (TPSA) is 172 Å². The summed E-state index contributed by atoms with van der Waals surface area (Å²) in [5.74, 6) is 0. The maximum absolute atomic E-state index is 11.2. The Balaban J connectivity index is 0.00000148. The monoisotopic (exact) mass is 547 g/mol. The molecule has 3 rings (SSSR count). The Morgan fingerprint density at radius 3 is 1.06 bits per heavy atom. The molecule has 14 heteroatoms. The van der Waals surface area contributed by atoms with Crippen molar-refractivity contribution in [3.05, 3.63) is 72.8 Å². The van der Waals surface area contributed by atoms with Gasteiger partial charge in [-0.2, -0.15) is 16.8 Å². The van der Waals surface area contributed by atoms with E-state index in [1.54, 1.807) is 24.3 Å². The Kier molecular flexibility index (Phi) is 14.7. The normalized spacial score (nSPS) is 10.6. The van der Waals surface area contributed by atoms with Crippen LogP contribution in [-0.4, -0.2) is 25.9 Å². The molecule has 0 aliphatic rings. The predicted molar refractivity (Wildman–Crippen MR) is 105 cm³/mol.